The second kappa shape index (κ2) is 7.60. The first-order chi connectivity index (χ1) is 10.1. The van der Waals surface area contributed by atoms with Crippen LogP contribution >= 0.6 is 0 Å². The summed E-state index contributed by atoms with van der Waals surface area (Å²) in [4.78, 5) is 12.1. The second-order valence-corrected chi connectivity index (χ2v) is 6.44. The Morgan fingerprint density at radius 1 is 1.19 bits per heavy atom. The first-order valence-electron chi connectivity index (χ1n) is 8.13. The average molecular weight is 288 g/mol. The minimum atomic E-state index is 0.125. The van der Waals surface area contributed by atoms with Gasteiger partial charge in [0.2, 0.25) is 5.91 Å². The Morgan fingerprint density at radius 3 is 2.57 bits per heavy atom. The van der Waals surface area contributed by atoms with E-state index in [1.165, 1.54) is 36.8 Å². The van der Waals surface area contributed by atoms with Crippen molar-refractivity contribution in [3.05, 3.63) is 34.9 Å². The van der Waals surface area contributed by atoms with Crippen molar-refractivity contribution in [1.82, 2.24) is 5.32 Å². The van der Waals surface area contributed by atoms with Gasteiger partial charge in [0.25, 0.3) is 0 Å². The molecule has 2 unspecified atom stereocenters. The molecule has 0 bridgehead atoms. The van der Waals surface area contributed by atoms with E-state index in [-0.39, 0.29) is 5.91 Å². The summed E-state index contributed by atoms with van der Waals surface area (Å²) in [5, 5.41) is 3.10. The van der Waals surface area contributed by atoms with Gasteiger partial charge in [0.05, 0.1) is 6.42 Å². The van der Waals surface area contributed by atoms with E-state index in [2.05, 4.69) is 31.3 Å². The monoisotopic (exact) mass is 288 g/mol. The maximum Gasteiger partial charge on any atom is 0.224 e. The average Bonchev–Trinajstić information content (AvgIpc) is 2.49. The van der Waals surface area contributed by atoms with Gasteiger partial charge in [-0.2, -0.15) is 0 Å². The molecule has 2 atom stereocenters. The molecule has 0 spiro atoms. The molecule has 116 valence electrons. The normalized spacial score (nSPS) is 22.0. The number of carbonyl (C=O) groups excluding carboxylic acids is 1. The third-order valence-electron chi connectivity index (χ3n) is 4.87. The summed E-state index contributed by atoms with van der Waals surface area (Å²) in [7, 11) is 0. The summed E-state index contributed by atoms with van der Waals surface area (Å²) in [6.07, 6.45) is 5.45. The van der Waals surface area contributed by atoms with Gasteiger partial charge in [-0.15, -0.1) is 0 Å². The Morgan fingerprint density at radius 2 is 1.90 bits per heavy atom. The van der Waals surface area contributed by atoms with Gasteiger partial charge in [-0.3, -0.25) is 4.79 Å². The molecule has 0 heterocycles. The maximum atomic E-state index is 12.1. The molecular weight excluding hydrogens is 260 g/mol. The molecule has 1 aliphatic carbocycles. The van der Waals surface area contributed by atoms with Crippen molar-refractivity contribution in [3.63, 3.8) is 0 Å². The fourth-order valence-electron chi connectivity index (χ4n) is 3.27. The van der Waals surface area contributed by atoms with Crippen molar-refractivity contribution < 1.29 is 4.79 Å². The minimum absolute atomic E-state index is 0.125. The fraction of sp³-hybridized carbons (Fsp3) is 0.611. The number of hydrogen-bond acceptors (Lipinski definition) is 2. The lowest BCUT2D eigenvalue weighted by Gasteiger charge is -2.30. The Balaban J connectivity index is 1.82. The van der Waals surface area contributed by atoms with E-state index in [0.717, 1.165) is 18.7 Å². The summed E-state index contributed by atoms with van der Waals surface area (Å²) in [5.74, 6) is 1.27. The highest BCUT2D eigenvalue weighted by atomic mass is 16.1. The van der Waals surface area contributed by atoms with Crippen LogP contribution < -0.4 is 11.1 Å². The Hall–Kier alpha value is -1.35. The van der Waals surface area contributed by atoms with Gasteiger partial charge in [0.1, 0.15) is 0 Å². The van der Waals surface area contributed by atoms with Gasteiger partial charge in [-0.1, -0.05) is 31.0 Å². The van der Waals surface area contributed by atoms with Crippen molar-refractivity contribution in [2.24, 2.45) is 17.6 Å². The van der Waals surface area contributed by atoms with E-state index < -0.39 is 0 Å². The maximum absolute atomic E-state index is 12.1. The molecule has 1 fully saturated rings. The molecule has 0 saturated heterocycles. The molecular formula is C18H28N2O. The van der Waals surface area contributed by atoms with Crippen molar-refractivity contribution >= 4 is 5.91 Å². The van der Waals surface area contributed by atoms with Crippen molar-refractivity contribution in [1.29, 1.82) is 0 Å². The van der Waals surface area contributed by atoms with E-state index >= 15 is 0 Å². The second-order valence-electron chi connectivity index (χ2n) is 6.44. The Labute approximate surface area is 128 Å². The highest BCUT2D eigenvalue weighted by Gasteiger charge is 2.24. The van der Waals surface area contributed by atoms with Gasteiger partial charge in [-0.25, -0.2) is 0 Å². The predicted octanol–water partition coefficient (Wildman–Crippen LogP) is 2.73. The number of hydrogen-bond donors (Lipinski definition) is 2. The van der Waals surface area contributed by atoms with Crippen LogP contribution in [0.15, 0.2) is 18.2 Å². The SMILES string of the molecule is Cc1ccc(CC(=O)NCC2CCCCC2CN)cc1C. The van der Waals surface area contributed by atoms with Gasteiger partial charge < -0.3 is 11.1 Å². The fourth-order valence-corrected chi connectivity index (χ4v) is 3.27. The van der Waals surface area contributed by atoms with Crippen LogP contribution in [0.2, 0.25) is 0 Å². The van der Waals surface area contributed by atoms with Crippen LogP contribution in [-0.4, -0.2) is 19.0 Å². The number of aryl methyl sites for hydroxylation is 2. The summed E-state index contributed by atoms with van der Waals surface area (Å²) in [5.41, 5.74) is 9.45. The number of carbonyl (C=O) groups is 1. The Bertz CT molecular complexity index is 484. The molecule has 3 N–H and O–H groups in total. The standard InChI is InChI=1S/C18H28N2O/c1-13-7-8-15(9-14(13)2)10-18(21)20-12-17-6-4-3-5-16(17)11-19/h7-9,16-17H,3-6,10-12,19H2,1-2H3,(H,20,21). The zero-order valence-electron chi connectivity index (χ0n) is 13.3. The number of nitrogens with one attached hydrogen (secondary N) is 1. The predicted molar refractivity (Wildman–Crippen MR) is 87.1 cm³/mol. The lowest BCUT2D eigenvalue weighted by molar-refractivity contribution is -0.120. The topological polar surface area (TPSA) is 55.1 Å². The van der Waals surface area contributed by atoms with Gasteiger partial charge in [0.15, 0.2) is 0 Å². The molecule has 1 saturated carbocycles. The van der Waals surface area contributed by atoms with Crippen LogP contribution in [0.25, 0.3) is 0 Å². The summed E-state index contributed by atoms with van der Waals surface area (Å²) in [6, 6.07) is 6.24. The number of amides is 1. The van der Waals surface area contributed by atoms with Crippen LogP contribution in [-0.2, 0) is 11.2 Å². The quantitative estimate of drug-likeness (QED) is 0.875. The molecule has 1 amide bonds. The number of benzene rings is 1. The molecule has 1 aromatic rings. The number of rotatable bonds is 5. The van der Waals surface area contributed by atoms with Crippen LogP contribution in [0.1, 0.15) is 42.4 Å². The first-order valence-corrected chi connectivity index (χ1v) is 8.13. The third kappa shape index (κ3) is 4.57. The van der Waals surface area contributed by atoms with Gasteiger partial charge >= 0.3 is 0 Å². The summed E-state index contributed by atoms with van der Waals surface area (Å²) in [6.45, 7) is 5.71. The smallest absolute Gasteiger partial charge is 0.224 e. The highest BCUT2D eigenvalue weighted by Crippen LogP contribution is 2.28. The molecule has 2 rings (SSSR count). The van der Waals surface area contributed by atoms with Crippen molar-refractivity contribution in [3.8, 4) is 0 Å². The molecule has 0 radical (unpaired) electrons. The largest absolute Gasteiger partial charge is 0.356 e. The van der Waals surface area contributed by atoms with E-state index in [4.69, 9.17) is 5.73 Å². The lowest BCUT2D eigenvalue weighted by Crippen LogP contribution is -2.37. The third-order valence-corrected chi connectivity index (χ3v) is 4.87. The zero-order valence-corrected chi connectivity index (χ0v) is 13.3. The van der Waals surface area contributed by atoms with Gasteiger partial charge in [0, 0.05) is 6.54 Å². The molecule has 1 aliphatic rings. The molecule has 0 aliphatic heterocycles. The molecule has 3 heteroatoms. The molecule has 3 nitrogen and oxygen atoms in total. The molecule has 1 aromatic carbocycles. The van der Waals surface area contributed by atoms with Crippen molar-refractivity contribution in [2.45, 2.75) is 46.0 Å². The molecule has 0 aromatic heterocycles. The minimum Gasteiger partial charge on any atom is -0.356 e. The van der Waals surface area contributed by atoms with E-state index in [1.807, 2.05) is 6.07 Å². The van der Waals surface area contributed by atoms with Crippen molar-refractivity contribution in [2.75, 3.05) is 13.1 Å². The lowest BCUT2D eigenvalue weighted by atomic mass is 9.79. The van der Waals surface area contributed by atoms with Gasteiger partial charge in [-0.05, 0) is 61.8 Å². The summed E-state index contributed by atoms with van der Waals surface area (Å²) >= 11 is 0. The van der Waals surface area contributed by atoms with E-state index in [0.29, 0.717) is 18.3 Å². The number of nitrogens with two attached hydrogens (primary N) is 1. The van der Waals surface area contributed by atoms with E-state index in [1.54, 1.807) is 0 Å². The molecule has 21 heavy (non-hydrogen) atoms. The van der Waals surface area contributed by atoms with Crippen LogP contribution in [0, 0.1) is 25.7 Å². The summed E-state index contributed by atoms with van der Waals surface area (Å²) < 4.78 is 0. The van der Waals surface area contributed by atoms with Crippen LogP contribution in [0.3, 0.4) is 0 Å². The Kier molecular flexibility index (Phi) is 5.80. The van der Waals surface area contributed by atoms with E-state index in [9.17, 15) is 4.79 Å². The first kappa shape index (κ1) is 16.0. The van der Waals surface area contributed by atoms with Crippen LogP contribution in [0.5, 0.6) is 0 Å². The zero-order chi connectivity index (χ0) is 15.2. The highest BCUT2D eigenvalue weighted by molar-refractivity contribution is 5.78. The van der Waals surface area contributed by atoms with Crippen LogP contribution in [0.4, 0.5) is 0 Å².